The van der Waals surface area contributed by atoms with Gasteiger partial charge in [-0.1, -0.05) is 30.3 Å². The Morgan fingerprint density at radius 3 is 2.29 bits per heavy atom. The standard InChI is InChI=1S/C16H23NO4/c1-13(11-16(19)21-3)17(10-9-15(18)20-2)12-14-7-5-4-6-8-14/h4-8,13H,9-12H2,1-3H3. The van der Waals surface area contributed by atoms with Crippen molar-refractivity contribution in [1.29, 1.82) is 0 Å². The summed E-state index contributed by atoms with van der Waals surface area (Å²) >= 11 is 0. The molecule has 0 saturated heterocycles. The molecular formula is C16H23NO4. The van der Waals surface area contributed by atoms with Gasteiger partial charge in [0.25, 0.3) is 0 Å². The van der Waals surface area contributed by atoms with Gasteiger partial charge in [0.15, 0.2) is 0 Å². The third kappa shape index (κ3) is 6.40. The fraction of sp³-hybridized carbons (Fsp3) is 0.500. The maximum absolute atomic E-state index is 11.4. The van der Waals surface area contributed by atoms with Crippen molar-refractivity contribution in [1.82, 2.24) is 4.90 Å². The van der Waals surface area contributed by atoms with Gasteiger partial charge in [-0.05, 0) is 12.5 Å². The van der Waals surface area contributed by atoms with Crippen LogP contribution in [0.1, 0.15) is 25.3 Å². The largest absolute Gasteiger partial charge is 0.469 e. The summed E-state index contributed by atoms with van der Waals surface area (Å²) in [5.74, 6) is -0.503. The topological polar surface area (TPSA) is 55.8 Å². The Morgan fingerprint density at radius 1 is 1.10 bits per heavy atom. The predicted octanol–water partition coefficient (Wildman–Crippen LogP) is 2.00. The molecule has 5 nitrogen and oxygen atoms in total. The van der Waals surface area contributed by atoms with E-state index in [0.29, 0.717) is 25.9 Å². The molecule has 0 aliphatic carbocycles. The molecule has 0 amide bonds. The van der Waals surface area contributed by atoms with Crippen LogP contribution in [0, 0.1) is 0 Å². The van der Waals surface area contributed by atoms with Crippen molar-refractivity contribution in [3.8, 4) is 0 Å². The first-order valence-electron chi connectivity index (χ1n) is 6.98. The number of esters is 2. The number of carbonyl (C=O) groups excluding carboxylic acids is 2. The second-order valence-electron chi connectivity index (χ2n) is 4.91. The van der Waals surface area contributed by atoms with Crippen LogP contribution in [-0.4, -0.2) is 43.6 Å². The molecule has 0 aliphatic rings. The van der Waals surface area contributed by atoms with E-state index in [9.17, 15) is 9.59 Å². The van der Waals surface area contributed by atoms with Crippen molar-refractivity contribution in [3.05, 3.63) is 35.9 Å². The lowest BCUT2D eigenvalue weighted by molar-refractivity contribution is -0.142. The van der Waals surface area contributed by atoms with E-state index in [1.807, 2.05) is 37.3 Å². The molecule has 5 heteroatoms. The van der Waals surface area contributed by atoms with Crippen molar-refractivity contribution in [2.75, 3.05) is 20.8 Å². The molecule has 0 N–H and O–H groups in total. The third-order valence-electron chi connectivity index (χ3n) is 3.37. The summed E-state index contributed by atoms with van der Waals surface area (Å²) in [7, 11) is 2.76. The lowest BCUT2D eigenvalue weighted by Crippen LogP contribution is -2.36. The molecule has 1 aromatic rings. The van der Waals surface area contributed by atoms with Crippen molar-refractivity contribution >= 4 is 11.9 Å². The van der Waals surface area contributed by atoms with Crippen LogP contribution >= 0.6 is 0 Å². The summed E-state index contributed by atoms with van der Waals surface area (Å²) in [6.45, 7) is 3.17. The third-order valence-corrected chi connectivity index (χ3v) is 3.37. The number of carbonyl (C=O) groups is 2. The van der Waals surface area contributed by atoms with Gasteiger partial charge in [-0.15, -0.1) is 0 Å². The first-order valence-corrected chi connectivity index (χ1v) is 6.98. The average Bonchev–Trinajstić information content (AvgIpc) is 2.51. The summed E-state index contributed by atoms with van der Waals surface area (Å²) < 4.78 is 9.39. The number of ether oxygens (including phenoxy) is 2. The van der Waals surface area contributed by atoms with E-state index in [4.69, 9.17) is 4.74 Å². The first kappa shape index (κ1) is 17.2. The zero-order valence-electron chi connectivity index (χ0n) is 12.9. The number of nitrogens with zero attached hydrogens (tertiary/aromatic N) is 1. The number of benzene rings is 1. The van der Waals surface area contributed by atoms with Gasteiger partial charge >= 0.3 is 11.9 Å². The lowest BCUT2D eigenvalue weighted by Gasteiger charge is -2.28. The maximum atomic E-state index is 11.4. The second-order valence-corrected chi connectivity index (χ2v) is 4.91. The average molecular weight is 293 g/mol. The zero-order valence-corrected chi connectivity index (χ0v) is 12.9. The van der Waals surface area contributed by atoms with Crippen LogP contribution < -0.4 is 0 Å². The fourth-order valence-corrected chi connectivity index (χ4v) is 2.06. The molecule has 0 spiro atoms. The SMILES string of the molecule is COC(=O)CCN(Cc1ccccc1)C(C)CC(=O)OC. The zero-order chi connectivity index (χ0) is 15.7. The van der Waals surface area contributed by atoms with Crippen LogP contribution in [0.25, 0.3) is 0 Å². The number of hydrogen-bond donors (Lipinski definition) is 0. The van der Waals surface area contributed by atoms with E-state index in [1.54, 1.807) is 0 Å². The molecular weight excluding hydrogens is 270 g/mol. The van der Waals surface area contributed by atoms with E-state index in [2.05, 4.69) is 9.64 Å². The van der Waals surface area contributed by atoms with Gasteiger partial charge in [0.2, 0.25) is 0 Å². The molecule has 0 aliphatic heterocycles. The summed E-state index contributed by atoms with van der Waals surface area (Å²) in [5, 5.41) is 0. The van der Waals surface area contributed by atoms with E-state index in [-0.39, 0.29) is 18.0 Å². The monoisotopic (exact) mass is 293 g/mol. The Morgan fingerprint density at radius 2 is 1.71 bits per heavy atom. The van der Waals surface area contributed by atoms with Gasteiger partial charge < -0.3 is 9.47 Å². The van der Waals surface area contributed by atoms with Gasteiger partial charge in [-0.2, -0.15) is 0 Å². The second kappa shape index (κ2) is 9.13. The fourth-order valence-electron chi connectivity index (χ4n) is 2.06. The van der Waals surface area contributed by atoms with Crippen LogP contribution in [0.3, 0.4) is 0 Å². The molecule has 116 valence electrons. The normalized spacial score (nSPS) is 12.0. The van der Waals surface area contributed by atoms with Crippen molar-refractivity contribution in [3.63, 3.8) is 0 Å². The summed E-state index contributed by atoms with van der Waals surface area (Å²) in [6.07, 6.45) is 0.597. The molecule has 0 aromatic heterocycles. The van der Waals surface area contributed by atoms with Crippen LogP contribution in [0.15, 0.2) is 30.3 Å². The summed E-state index contributed by atoms with van der Waals surface area (Å²) in [6, 6.07) is 9.94. The van der Waals surface area contributed by atoms with Crippen molar-refractivity contribution < 1.29 is 19.1 Å². The van der Waals surface area contributed by atoms with Crippen molar-refractivity contribution in [2.24, 2.45) is 0 Å². The van der Waals surface area contributed by atoms with Gasteiger partial charge in [0.05, 0.1) is 27.1 Å². The van der Waals surface area contributed by atoms with Crippen LogP contribution in [0.5, 0.6) is 0 Å². The van der Waals surface area contributed by atoms with Crippen molar-refractivity contribution in [2.45, 2.75) is 32.4 Å². The Bertz CT molecular complexity index is 447. The molecule has 0 fully saturated rings. The molecule has 1 atom stereocenters. The molecule has 21 heavy (non-hydrogen) atoms. The molecule has 0 heterocycles. The lowest BCUT2D eigenvalue weighted by atomic mass is 10.1. The van der Waals surface area contributed by atoms with Gasteiger partial charge in [0, 0.05) is 19.1 Å². The summed E-state index contributed by atoms with van der Waals surface area (Å²) in [5.41, 5.74) is 1.14. The molecule has 0 radical (unpaired) electrons. The minimum absolute atomic E-state index is 0.0117. The predicted molar refractivity (Wildman–Crippen MR) is 79.6 cm³/mol. The molecule has 1 aromatic carbocycles. The molecule has 1 rings (SSSR count). The van der Waals surface area contributed by atoms with E-state index in [0.717, 1.165) is 5.56 Å². The Hall–Kier alpha value is -1.88. The van der Waals surface area contributed by atoms with E-state index >= 15 is 0 Å². The first-order chi connectivity index (χ1) is 10.1. The highest BCUT2D eigenvalue weighted by atomic mass is 16.5. The van der Waals surface area contributed by atoms with E-state index < -0.39 is 0 Å². The highest BCUT2D eigenvalue weighted by Crippen LogP contribution is 2.12. The summed E-state index contributed by atoms with van der Waals surface area (Å²) in [4.78, 5) is 24.8. The number of hydrogen-bond acceptors (Lipinski definition) is 5. The maximum Gasteiger partial charge on any atom is 0.307 e. The van der Waals surface area contributed by atoms with Crippen LogP contribution in [0.2, 0.25) is 0 Å². The Kier molecular flexibility index (Phi) is 7.46. The smallest absolute Gasteiger partial charge is 0.307 e. The molecule has 0 saturated carbocycles. The highest BCUT2D eigenvalue weighted by molar-refractivity contribution is 5.70. The van der Waals surface area contributed by atoms with Gasteiger partial charge in [0.1, 0.15) is 0 Å². The molecule has 0 bridgehead atoms. The quantitative estimate of drug-likeness (QED) is 0.686. The number of rotatable bonds is 8. The minimum atomic E-state index is -0.252. The van der Waals surface area contributed by atoms with Crippen LogP contribution in [-0.2, 0) is 25.6 Å². The van der Waals surface area contributed by atoms with Gasteiger partial charge in [-0.3, -0.25) is 14.5 Å². The van der Waals surface area contributed by atoms with E-state index in [1.165, 1.54) is 14.2 Å². The van der Waals surface area contributed by atoms with Crippen LogP contribution in [0.4, 0.5) is 0 Å². The number of methoxy groups -OCH3 is 2. The highest BCUT2D eigenvalue weighted by Gasteiger charge is 2.19. The minimum Gasteiger partial charge on any atom is -0.469 e. The molecule has 1 unspecified atom stereocenters. The van der Waals surface area contributed by atoms with Gasteiger partial charge in [-0.25, -0.2) is 0 Å². The Balaban J connectivity index is 2.68. The Labute approximate surface area is 125 Å².